The minimum Gasteiger partial charge on any atom is -0.481 e. The molecule has 0 saturated carbocycles. The third kappa shape index (κ3) is 2.89. The van der Waals surface area contributed by atoms with Gasteiger partial charge in [0.25, 0.3) is 0 Å². The van der Waals surface area contributed by atoms with Gasteiger partial charge in [0.2, 0.25) is 11.8 Å². The number of hydrogen-bond donors (Lipinski definition) is 2. The molecular weight excluding hydrogens is 297 g/mol. The predicted octanol–water partition coefficient (Wildman–Crippen LogP) is 2.52. The lowest BCUT2D eigenvalue weighted by molar-refractivity contribution is 0.398. The molecule has 0 radical (unpaired) electrons. The maximum atomic E-state index is 13.6. The van der Waals surface area contributed by atoms with Crippen LogP contribution in [0.3, 0.4) is 0 Å². The number of anilines is 2. The first kappa shape index (κ1) is 14.7. The summed E-state index contributed by atoms with van der Waals surface area (Å²) in [6.07, 6.45) is 1.59. The number of hydrogen-bond acceptors (Lipinski definition) is 6. The van der Waals surface area contributed by atoms with E-state index in [1.165, 1.54) is 19.2 Å². The third-order valence-corrected chi connectivity index (χ3v) is 3.29. The molecule has 2 heterocycles. The molecule has 0 atom stereocenters. The average molecular weight is 311 g/mol. The summed E-state index contributed by atoms with van der Waals surface area (Å²) < 4.78 is 18.6. The second kappa shape index (κ2) is 5.88. The van der Waals surface area contributed by atoms with Crippen molar-refractivity contribution in [3.05, 3.63) is 48.4 Å². The quantitative estimate of drug-likeness (QED) is 0.771. The monoisotopic (exact) mass is 311 g/mol. The topological polar surface area (TPSA) is 99.9 Å². The molecule has 0 fully saturated rings. The standard InChI is InChI=1S/C16H14FN5O/c1-23-12-6-5-10(8-20-12)13-14(21-16(19)22-15(13)18)9-3-2-4-11(17)7-9/h2-8H,1H3,(H4,18,19,21,22). The lowest BCUT2D eigenvalue weighted by Gasteiger charge is -2.12. The Morgan fingerprint density at radius 1 is 1.04 bits per heavy atom. The maximum Gasteiger partial charge on any atom is 0.222 e. The highest BCUT2D eigenvalue weighted by Crippen LogP contribution is 2.35. The summed E-state index contributed by atoms with van der Waals surface area (Å²) in [5.41, 5.74) is 13.9. The van der Waals surface area contributed by atoms with Gasteiger partial charge in [0, 0.05) is 23.4 Å². The fraction of sp³-hybridized carbons (Fsp3) is 0.0625. The highest BCUT2D eigenvalue weighted by atomic mass is 19.1. The van der Waals surface area contributed by atoms with Crippen LogP contribution in [0.1, 0.15) is 0 Å². The fourth-order valence-corrected chi connectivity index (χ4v) is 2.27. The lowest BCUT2D eigenvalue weighted by Crippen LogP contribution is -2.05. The van der Waals surface area contributed by atoms with E-state index in [2.05, 4.69) is 15.0 Å². The zero-order valence-corrected chi connectivity index (χ0v) is 12.3. The van der Waals surface area contributed by atoms with Crippen molar-refractivity contribution in [3.8, 4) is 28.3 Å². The van der Waals surface area contributed by atoms with Gasteiger partial charge in [-0.15, -0.1) is 0 Å². The van der Waals surface area contributed by atoms with E-state index in [0.717, 1.165) is 0 Å². The molecule has 0 unspecified atom stereocenters. The number of halogens is 1. The predicted molar refractivity (Wildman–Crippen MR) is 86.0 cm³/mol. The van der Waals surface area contributed by atoms with Crippen molar-refractivity contribution in [1.82, 2.24) is 15.0 Å². The van der Waals surface area contributed by atoms with Crippen LogP contribution < -0.4 is 16.2 Å². The van der Waals surface area contributed by atoms with Gasteiger partial charge in [-0.2, -0.15) is 4.98 Å². The van der Waals surface area contributed by atoms with Crippen LogP contribution in [0.25, 0.3) is 22.4 Å². The molecule has 3 aromatic rings. The molecular formula is C16H14FN5O. The van der Waals surface area contributed by atoms with E-state index in [-0.39, 0.29) is 17.6 Å². The first-order valence-corrected chi connectivity index (χ1v) is 6.78. The van der Waals surface area contributed by atoms with Crippen molar-refractivity contribution in [2.45, 2.75) is 0 Å². The van der Waals surface area contributed by atoms with Crippen LogP contribution in [0, 0.1) is 5.82 Å². The number of benzene rings is 1. The summed E-state index contributed by atoms with van der Waals surface area (Å²) in [7, 11) is 1.53. The molecule has 6 nitrogen and oxygen atoms in total. The fourth-order valence-electron chi connectivity index (χ4n) is 2.27. The normalized spacial score (nSPS) is 10.5. The van der Waals surface area contributed by atoms with Gasteiger partial charge in [0.1, 0.15) is 11.6 Å². The molecule has 7 heteroatoms. The van der Waals surface area contributed by atoms with Gasteiger partial charge < -0.3 is 16.2 Å². The number of nitrogen functional groups attached to an aromatic ring is 2. The van der Waals surface area contributed by atoms with E-state index in [9.17, 15) is 4.39 Å². The first-order chi connectivity index (χ1) is 11.1. The number of pyridine rings is 1. The summed E-state index contributed by atoms with van der Waals surface area (Å²) >= 11 is 0. The minimum atomic E-state index is -0.378. The van der Waals surface area contributed by atoms with Gasteiger partial charge in [0.15, 0.2) is 0 Å². The zero-order valence-electron chi connectivity index (χ0n) is 12.3. The Kier molecular flexibility index (Phi) is 3.76. The smallest absolute Gasteiger partial charge is 0.222 e. The Morgan fingerprint density at radius 2 is 1.87 bits per heavy atom. The number of nitrogens with zero attached hydrogens (tertiary/aromatic N) is 3. The van der Waals surface area contributed by atoms with Crippen molar-refractivity contribution >= 4 is 11.8 Å². The van der Waals surface area contributed by atoms with E-state index >= 15 is 0 Å². The first-order valence-electron chi connectivity index (χ1n) is 6.78. The molecule has 1 aromatic carbocycles. The van der Waals surface area contributed by atoms with Gasteiger partial charge in [-0.05, 0) is 18.2 Å². The summed E-state index contributed by atoms with van der Waals surface area (Å²) in [5, 5.41) is 0. The van der Waals surface area contributed by atoms with Gasteiger partial charge in [0.05, 0.1) is 18.4 Å². The molecule has 0 aliphatic rings. The number of ether oxygens (including phenoxy) is 1. The molecule has 0 aliphatic heterocycles. The van der Waals surface area contributed by atoms with E-state index in [1.54, 1.807) is 30.5 Å². The Hall–Kier alpha value is -3.22. The summed E-state index contributed by atoms with van der Waals surface area (Å²) in [6, 6.07) is 9.51. The highest BCUT2D eigenvalue weighted by Gasteiger charge is 2.16. The third-order valence-electron chi connectivity index (χ3n) is 3.29. The van der Waals surface area contributed by atoms with Crippen molar-refractivity contribution in [2.24, 2.45) is 0 Å². The Labute approximate surface area is 132 Å². The van der Waals surface area contributed by atoms with Crippen LogP contribution in [0.15, 0.2) is 42.6 Å². The summed E-state index contributed by atoms with van der Waals surface area (Å²) in [4.78, 5) is 12.4. The number of nitrogens with two attached hydrogens (primary N) is 2. The lowest BCUT2D eigenvalue weighted by atomic mass is 10.0. The number of aromatic nitrogens is 3. The molecule has 116 valence electrons. The highest BCUT2D eigenvalue weighted by molar-refractivity contribution is 5.87. The van der Waals surface area contributed by atoms with Crippen molar-refractivity contribution in [2.75, 3.05) is 18.6 Å². The van der Waals surface area contributed by atoms with Gasteiger partial charge in [-0.25, -0.2) is 14.4 Å². The Bertz CT molecular complexity index is 852. The molecule has 4 N–H and O–H groups in total. The van der Waals surface area contributed by atoms with E-state index in [4.69, 9.17) is 16.2 Å². The van der Waals surface area contributed by atoms with E-state index in [0.29, 0.717) is 28.3 Å². The van der Waals surface area contributed by atoms with E-state index < -0.39 is 0 Å². The minimum absolute atomic E-state index is 0.0204. The molecule has 3 rings (SSSR count). The van der Waals surface area contributed by atoms with Crippen molar-refractivity contribution < 1.29 is 9.13 Å². The molecule has 2 aromatic heterocycles. The molecule has 0 aliphatic carbocycles. The SMILES string of the molecule is COc1ccc(-c2c(N)nc(N)nc2-c2cccc(F)c2)cn1. The average Bonchev–Trinajstić information content (AvgIpc) is 2.54. The van der Waals surface area contributed by atoms with Crippen molar-refractivity contribution in [1.29, 1.82) is 0 Å². The Morgan fingerprint density at radius 3 is 2.52 bits per heavy atom. The summed E-state index contributed by atoms with van der Waals surface area (Å²) in [6.45, 7) is 0. The molecule has 0 saturated heterocycles. The molecule has 0 bridgehead atoms. The number of methoxy groups -OCH3 is 1. The Balaban J connectivity index is 2.22. The second-order valence-corrected chi connectivity index (χ2v) is 4.79. The second-order valence-electron chi connectivity index (χ2n) is 4.79. The molecule has 23 heavy (non-hydrogen) atoms. The largest absolute Gasteiger partial charge is 0.481 e. The van der Waals surface area contributed by atoms with Gasteiger partial charge in [-0.1, -0.05) is 12.1 Å². The van der Waals surface area contributed by atoms with Crippen LogP contribution in [0.2, 0.25) is 0 Å². The number of rotatable bonds is 3. The van der Waals surface area contributed by atoms with Crippen LogP contribution in [0.5, 0.6) is 5.88 Å². The maximum absolute atomic E-state index is 13.6. The van der Waals surface area contributed by atoms with Crippen LogP contribution >= 0.6 is 0 Å². The van der Waals surface area contributed by atoms with Gasteiger partial charge >= 0.3 is 0 Å². The van der Waals surface area contributed by atoms with Crippen LogP contribution in [-0.4, -0.2) is 22.1 Å². The van der Waals surface area contributed by atoms with E-state index in [1.807, 2.05) is 0 Å². The summed E-state index contributed by atoms with van der Waals surface area (Å²) in [5.74, 6) is 0.309. The molecule has 0 amide bonds. The van der Waals surface area contributed by atoms with Crippen molar-refractivity contribution in [3.63, 3.8) is 0 Å². The van der Waals surface area contributed by atoms with Crippen LogP contribution in [0.4, 0.5) is 16.2 Å². The zero-order chi connectivity index (χ0) is 16.4. The van der Waals surface area contributed by atoms with Crippen LogP contribution in [-0.2, 0) is 0 Å². The molecule has 0 spiro atoms. The van der Waals surface area contributed by atoms with Gasteiger partial charge in [-0.3, -0.25) is 0 Å².